The third-order valence-electron chi connectivity index (χ3n) is 2.74. The summed E-state index contributed by atoms with van der Waals surface area (Å²) in [6, 6.07) is 6.76. The molecule has 1 aromatic carbocycles. The molecule has 0 spiro atoms. The number of carbonyl (C=O) groups excluding carboxylic acids is 1. The molecule has 0 aromatic heterocycles. The van der Waals surface area contributed by atoms with Gasteiger partial charge in [-0.1, -0.05) is 12.1 Å². The summed E-state index contributed by atoms with van der Waals surface area (Å²) in [6.07, 6.45) is 2.27. The number of nitrogens with one attached hydrogen (secondary N) is 2. The van der Waals surface area contributed by atoms with Gasteiger partial charge in [0.15, 0.2) is 0 Å². The van der Waals surface area contributed by atoms with Crippen molar-refractivity contribution in [3.8, 4) is 0 Å². The van der Waals surface area contributed by atoms with Gasteiger partial charge in [-0.3, -0.25) is 14.9 Å². The lowest BCUT2D eigenvalue weighted by Crippen LogP contribution is -2.34. The Bertz CT molecular complexity index is 458. The van der Waals surface area contributed by atoms with E-state index in [1.54, 1.807) is 12.1 Å². The number of carbonyl (C=O) groups is 1. The van der Waals surface area contributed by atoms with Crippen LogP contribution in [0.1, 0.15) is 18.4 Å². The van der Waals surface area contributed by atoms with E-state index in [4.69, 9.17) is 0 Å². The van der Waals surface area contributed by atoms with Crippen molar-refractivity contribution in [3.63, 3.8) is 0 Å². The minimum Gasteiger partial charge on any atom is -0.351 e. The molecule has 0 atom stereocenters. The Labute approximate surface area is 105 Å². The van der Waals surface area contributed by atoms with Crippen LogP contribution in [0.5, 0.6) is 0 Å². The topological polar surface area (TPSA) is 84.3 Å². The molecule has 2 N–H and O–H groups in total. The van der Waals surface area contributed by atoms with E-state index >= 15 is 0 Å². The van der Waals surface area contributed by atoms with Gasteiger partial charge in [-0.15, -0.1) is 0 Å². The molecule has 2 rings (SSSR count). The molecule has 1 aliphatic rings. The lowest BCUT2D eigenvalue weighted by Gasteiger charge is -2.06. The van der Waals surface area contributed by atoms with E-state index in [0.717, 1.165) is 18.4 Å². The van der Waals surface area contributed by atoms with Gasteiger partial charge < -0.3 is 10.6 Å². The highest BCUT2D eigenvalue weighted by Crippen LogP contribution is 2.18. The maximum Gasteiger partial charge on any atom is 0.269 e. The molecule has 96 valence electrons. The molecular weight excluding hydrogens is 234 g/mol. The van der Waals surface area contributed by atoms with E-state index in [9.17, 15) is 14.9 Å². The summed E-state index contributed by atoms with van der Waals surface area (Å²) in [7, 11) is 0. The number of rotatable bonds is 6. The zero-order chi connectivity index (χ0) is 13.0. The molecule has 1 amide bonds. The maximum atomic E-state index is 11.5. The quantitative estimate of drug-likeness (QED) is 0.581. The molecule has 18 heavy (non-hydrogen) atoms. The minimum atomic E-state index is -0.444. The van der Waals surface area contributed by atoms with Crippen LogP contribution in [0.4, 0.5) is 5.69 Å². The first-order valence-corrected chi connectivity index (χ1v) is 5.88. The normalized spacial score (nSPS) is 14.2. The van der Waals surface area contributed by atoms with Crippen molar-refractivity contribution in [2.24, 2.45) is 0 Å². The standard InChI is InChI=1S/C12H15N3O3/c16-12(8-13-10-4-5-10)14-7-9-2-1-3-11(6-9)15(17)18/h1-3,6,10,13H,4-5,7-8H2,(H,14,16). The highest BCUT2D eigenvalue weighted by molar-refractivity contribution is 5.78. The van der Waals surface area contributed by atoms with Crippen LogP contribution < -0.4 is 10.6 Å². The SMILES string of the molecule is O=C(CNC1CC1)NCc1cccc([N+](=O)[O-])c1. The van der Waals surface area contributed by atoms with Crippen LogP contribution in [0.25, 0.3) is 0 Å². The molecule has 1 fully saturated rings. The highest BCUT2D eigenvalue weighted by atomic mass is 16.6. The van der Waals surface area contributed by atoms with Crippen molar-refractivity contribution >= 4 is 11.6 Å². The Hall–Kier alpha value is -1.95. The smallest absolute Gasteiger partial charge is 0.269 e. The Morgan fingerprint density at radius 3 is 2.89 bits per heavy atom. The van der Waals surface area contributed by atoms with Gasteiger partial charge in [-0.2, -0.15) is 0 Å². The van der Waals surface area contributed by atoms with Gasteiger partial charge in [0.2, 0.25) is 5.91 Å². The van der Waals surface area contributed by atoms with Gasteiger partial charge in [0.05, 0.1) is 11.5 Å². The number of nitrogens with zero attached hydrogens (tertiary/aromatic N) is 1. The van der Waals surface area contributed by atoms with Crippen LogP contribution in [0.2, 0.25) is 0 Å². The fraction of sp³-hybridized carbons (Fsp3) is 0.417. The zero-order valence-electron chi connectivity index (χ0n) is 9.89. The number of benzene rings is 1. The van der Waals surface area contributed by atoms with Crippen LogP contribution >= 0.6 is 0 Å². The molecule has 0 aliphatic heterocycles. The first kappa shape index (κ1) is 12.5. The number of amides is 1. The van der Waals surface area contributed by atoms with Crippen molar-refractivity contribution in [1.82, 2.24) is 10.6 Å². The zero-order valence-corrected chi connectivity index (χ0v) is 9.89. The number of hydrogen-bond donors (Lipinski definition) is 2. The Morgan fingerprint density at radius 2 is 2.22 bits per heavy atom. The van der Waals surface area contributed by atoms with Gasteiger partial charge in [0, 0.05) is 24.7 Å². The maximum absolute atomic E-state index is 11.5. The minimum absolute atomic E-state index is 0.0397. The summed E-state index contributed by atoms with van der Waals surface area (Å²) in [5.74, 6) is -0.0894. The molecule has 1 saturated carbocycles. The monoisotopic (exact) mass is 249 g/mol. The first-order valence-electron chi connectivity index (χ1n) is 5.88. The van der Waals surface area contributed by atoms with Crippen molar-refractivity contribution < 1.29 is 9.72 Å². The second kappa shape index (κ2) is 5.59. The van der Waals surface area contributed by atoms with Crippen molar-refractivity contribution in [2.45, 2.75) is 25.4 Å². The van der Waals surface area contributed by atoms with Gasteiger partial charge in [0.25, 0.3) is 5.69 Å². The molecule has 0 heterocycles. The van der Waals surface area contributed by atoms with E-state index in [-0.39, 0.29) is 11.6 Å². The van der Waals surface area contributed by atoms with E-state index in [1.807, 2.05) is 0 Å². The van der Waals surface area contributed by atoms with Gasteiger partial charge in [0.1, 0.15) is 0 Å². The molecule has 0 unspecified atom stereocenters. The van der Waals surface area contributed by atoms with Crippen molar-refractivity contribution in [3.05, 3.63) is 39.9 Å². The number of nitro groups is 1. The Morgan fingerprint density at radius 1 is 1.44 bits per heavy atom. The number of hydrogen-bond acceptors (Lipinski definition) is 4. The summed E-state index contributed by atoms with van der Waals surface area (Å²) >= 11 is 0. The third kappa shape index (κ3) is 3.81. The average molecular weight is 249 g/mol. The van der Waals surface area contributed by atoms with E-state index < -0.39 is 4.92 Å². The molecule has 0 radical (unpaired) electrons. The molecule has 1 aromatic rings. The summed E-state index contributed by atoms with van der Waals surface area (Å²) in [5.41, 5.74) is 0.766. The van der Waals surface area contributed by atoms with Crippen LogP contribution in [0, 0.1) is 10.1 Å². The van der Waals surface area contributed by atoms with Crippen LogP contribution in [-0.4, -0.2) is 23.4 Å². The average Bonchev–Trinajstić information content (AvgIpc) is 3.18. The molecule has 6 nitrogen and oxygen atoms in total. The molecule has 0 saturated heterocycles. The summed E-state index contributed by atoms with van der Waals surface area (Å²) in [6.45, 7) is 0.618. The fourth-order valence-electron chi connectivity index (χ4n) is 1.57. The summed E-state index contributed by atoms with van der Waals surface area (Å²) in [4.78, 5) is 21.6. The van der Waals surface area contributed by atoms with E-state index in [0.29, 0.717) is 19.1 Å². The second-order valence-corrected chi connectivity index (χ2v) is 4.36. The largest absolute Gasteiger partial charge is 0.351 e. The van der Waals surface area contributed by atoms with Crippen molar-refractivity contribution in [2.75, 3.05) is 6.54 Å². The highest BCUT2D eigenvalue weighted by Gasteiger charge is 2.20. The lowest BCUT2D eigenvalue weighted by atomic mass is 10.2. The first-order chi connectivity index (χ1) is 8.65. The Balaban J connectivity index is 1.79. The lowest BCUT2D eigenvalue weighted by molar-refractivity contribution is -0.384. The second-order valence-electron chi connectivity index (χ2n) is 4.36. The number of non-ortho nitro benzene ring substituents is 1. The van der Waals surface area contributed by atoms with Gasteiger partial charge in [-0.25, -0.2) is 0 Å². The predicted molar refractivity (Wildman–Crippen MR) is 66.0 cm³/mol. The Kier molecular flexibility index (Phi) is 3.88. The van der Waals surface area contributed by atoms with Crippen LogP contribution in [0.3, 0.4) is 0 Å². The van der Waals surface area contributed by atoms with E-state index in [1.165, 1.54) is 12.1 Å². The third-order valence-corrected chi connectivity index (χ3v) is 2.74. The molecular formula is C12H15N3O3. The predicted octanol–water partition coefficient (Wildman–Crippen LogP) is 0.963. The van der Waals surface area contributed by atoms with E-state index in [2.05, 4.69) is 10.6 Å². The van der Waals surface area contributed by atoms with Crippen molar-refractivity contribution in [1.29, 1.82) is 0 Å². The summed E-state index contributed by atoms with van der Waals surface area (Å²) in [5, 5.41) is 16.4. The van der Waals surface area contributed by atoms with Crippen LogP contribution in [-0.2, 0) is 11.3 Å². The molecule has 6 heteroatoms. The fourth-order valence-corrected chi connectivity index (χ4v) is 1.57. The van der Waals surface area contributed by atoms with Crippen LogP contribution in [0.15, 0.2) is 24.3 Å². The van der Waals surface area contributed by atoms with Gasteiger partial charge >= 0.3 is 0 Å². The molecule has 0 bridgehead atoms. The summed E-state index contributed by atoms with van der Waals surface area (Å²) < 4.78 is 0. The molecule has 1 aliphatic carbocycles. The number of nitro benzene ring substituents is 1. The van der Waals surface area contributed by atoms with Gasteiger partial charge in [-0.05, 0) is 18.4 Å².